The van der Waals surface area contributed by atoms with Crippen molar-refractivity contribution in [2.45, 2.75) is 32.7 Å². The zero-order valence-electron chi connectivity index (χ0n) is 10.8. The fourth-order valence-electron chi connectivity index (χ4n) is 1.79. The molecule has 1 aliphatic carbocycles. The highest BCUT2D eigenvalue weighted by atomic mass is 79.9. The van der Waals surface area contributed by atoms with Crippen molar-refractivity contribution in [1.82, 2.24) is 5.32 Å². The van der Waals surface area contributed by atoms with Gasteiger partial charge in [0.25, 0.3) is 0 Å². The topological polar surface area (TPSA) is 12.0 Å². The normalized spacial score (nSPS) is 16.4. The number of halogens is 2. The van der Waals surface area contributed by atoms with Crippen LogP contribution in [0.25, 0.3) is 6.08 Å². The minimum absolute atomic E-state index is 0.214. The molecule has 0 bridgehead atoms. The molecule has 98 valence electrons. The van der Waals surface area contributed by atoms with Crippen molar-refractivity contribution in [2.24, 2.45) is 5.92 Å². The monoisotopic (exact) mass is 311 g/mol. The summed E-state index contributed by atoms with van der Waals surface area (Å²) in [5.41, 5.74) is 2.41. The second-order valence-electron chi connectivity index (χ2n) is 5.20. The molecule has 1 aromatic carbocycles. The Balaban J connectivity index is 2.11. The van der Waals surface area contributed by atoms with Crippen molar-refractivity contribution in [3.05, 3.63) is 39.6 Å². The Labute approximate surface area is 117 Å². The first-order chi connectivity index (χ1) is 8.56. The van der Waals surface area contributed by atoms with E-state index in [1.165, 1.54) is 24.5 Å². The maximum absolute atomic E-state index is 13.2. The van der Waals surface area contributed by atoms with Crippen LogP contribution >= 0.6 is 15.9 Å². The summed E-state index contributed by atoms with van der Waals surface area (Å²) in [7, 11) is 0. The molecule has 0 unspecified atom stereocenters. The zero-order chi connectivity index (χ0) is 13.1. The molecule has 0 amide bonds. The molecule has 1 N–H and O–H groups in total. The van der Waals surface area contributed by atoms with E-state index in [0.29, 0.717) is 16.4 Å². The maximum Gasteiger partial charge on any atom is 0.137 e. The lowest BCUT2D eigenvalue weighted by atomic mass is 10.00. The van der Waals surface area contributed by atoms with Crippen molar-refractivity contribution < 1.29 is 4.39 Å². The third-order valence-corrected chi connectivity index (χ3v) is 3.82. The van der Waals surface area contributed by atoms with Crippen molar-refractivity contribution >= 4 is 22.0 Å². The highest BCUT2D eigenvalue weighted by Crippen LogP contribution is 2.22. The van der Waals surface area contributed by atoms with Crippen molar-refractivity contribution in [3.8, 4) is 0 Å². The minimum Gasteiger partial charge on any atom is -0.310 e. The molecule has 0 spiro atoms. The second-order valence-corrected chi connectivity index (χ2v) is 6.06. The minimum atomic E-state index is -0.214. The third kappa shape index (κ3) is 3.92. The summed E-state index contributed by atoms with van der Waals surface area (Å²) in [6, 6.07) is 5.86. The Kier molecular flexibility index (Phi) is 4.57. The maximum atomic E-state index is 13.2. The molecule has 0 aromatic heterocycles. The van der Waals surface area contributed by atoms with Crippen LogP contribution in [0.4, 0.5) is 4.39 Å². The van der Waals surface area contributed by atoms with E-state index < -0.39 is 0 Å². The van der Waals surface area contributed by atoms with Gasteiger partial charge < -0.3 is 5.32 Å². The van der Waals surface area contributed by atoms with Gasteiger partial charge in [0.2, 0.25) is 0 Å². The largest absolute Gasteiger partial charge is 0.310 e. The Hall–Kier alpha value is -0.670. The molecule has 2 rings (SSSR count). The van der Waals surface area contributed by atoms with Gasteiger partial charge in [-0.15, -0.1) is 0 Å². The van der Waals surface area contributed by atoms with Gasteiger partial charge in [0.05, 0.1) is 4.47 Å². The number of hydrogen-bond acceptors (Lipinski definition) is 1. The first-order valence-corrected chi connectivity index (χ1v) is 7.24. The second kappa shape index (κ2) is 5.98. The average Bonchev–Trinajstić information content (AvgIpc) is 3.12. The van der Waals surface area contributed by atoms with Gasteiger partial charge in [-0.25, -0.2) is 4.39 Å². The van der Waals surface area contributed by atoms with Gasteiger partial charge >= 0.3 is 0 Å². The zero-order valence-corrected chi connectivity index (χ0v) is 12.4. The van der Waals surface area contributed by atoms with Crippen LogP contribution in [-0.4, -0.2) is 12.6 Å². The lowest BCUT2D eigenvalue weighted by Gasteiger charge is -2.13. The molecule has 0 radical (unpaired) electrons. The molecule has 0 atom stereocenters. The summed E-state index contributed by atoms with van der Waals surface area (Å²) in [6.45, 7) is 5.31. The number of benzene rings is 1. The van der Waals surface area contributed by atoms with E-state index in [1.54, 1.807) is 0 Å². The Morgan fingerprint density at radius 2 is 2.22 bits per heavy atom. The van der Waals surface area contributed by atoms with Gasteiger partial charge in [-0.1, -0.05) is 31.6 Å². The molecule has 18 heavy (non-hydrogen) atoms. The number of rotatable bonds is 5. The summed E-state index contributed by atoms with van der Waals surface area (Å²) < 4.78 is 13.7. The van der Waals surface area contributed by atoms with Crippen LogP contribution in [0, 0.1) is 11.7 Å². The molecular formula is C15H19BrFN. The van der Waals surface area contributed by atoms with E-state index >= 15 is 0 Å². The summed E-state index contributed by atoms with van der Waals surface area (Å²) in [5, 5.41) is 3.53. The quantitative estimate of drug-likeness (QED) is 0.851. The summed E-state index contributed by atoms with van der Waals surface area (Å²) in [6.07, 6.45) is 4.76. The summed E-state index contributed by atoms with van der Waals surface area (Å²) >= 11 is 3.23. The molecule has 0 aliphatic heterocycles. The third-order valence-electron chi connectivity index (χ3n) is 3.21. The van der Waals surface area contributed by atoms with Crippen LogP contribution in [0.5, 0.6) is 0 Å². The van der Waals surface area contributed by atoms with E-state index in [4.69, 9.17) is 0 Å². The number of nitrogens with one attached hydrogen (secondary N) is 1. The van der Waals surface area contributed by atoms with Gasteiger partial charge in [0, 0.05) is 12.6 Å². The molecule has 3 heteroatoms. The van der Waals surface area contributed by atoms with E-state index in [2.05, 4.69) is 41.2 Å². The van der Waals surface area contributed by atoms with Crippen LogP contribution in [0.1, 0.15) is 32.3 Å². The predicted octanol–water partition coefficient (Wildman–Crippen LogP) is 4.38. The van der Waals surface area contributed by atoms with Crippen LogP contribution < -0.4 is 5.32 Å². The van der Waals surface area contributed by atoms with Gasteiger partial charge in [-0.3, -0.25) is 0 Å². The van der Waals surface area contributed by atoms with Crippen molar-refractivity contribution in [2.75, 3.05) is 6.54 Å². The highest BCUT2D eigenvalue weighted by molar-refractivity contribution is 9.10. The first kappa shape index (κ1) is 13.8. The molecule has 1 aliphatic rings. The lowest BCUT2D eigenvalue weighted by Crippen LogP contribution is -2.21. The SMILES string of the molecule is CC(C)C(=Cc1ccc(F)c(Br)c1)CNC1CC1. The van der Waals surface area contributed by atoms with E-state index in [0.717, 1.165) is 12.1 Å². The van der Waals surface area contributed by atoms with E-state index in [-0.39, 0.29) is 5.82 Å². The standard InChI is InChI=1S/C15H19BrFN/c1-10(2)12(9-18-13-4-5-13)7-11-3-6-15(17)14(16)8-11/h3,6-8,10,13,18H,4-5,9H2,1-2H3. The molecule has 1 aromatic rings. The average molecular weight is 312 g/mol. The highest BCUT2D eigenvalue weighted by Gasteiger charge is 2.20. The smallest absolute Gasteiger partial charge is 0.137 e. The lowest BCUT2D eigenvalue weighted by molar-refractivity contribution is 0.621. The summed E-state index contributed by atoms with van der Waals surface area (Å²) in [5.74, 6) is 0.287. The fourth-order valence-corrected chi connectivity index (χ4v) is 2.18. The van der Waals surface area contributed by atoms with E-state index in [1.807, 2.05) is 12.1 Å². The molecule has 1 nitrogen and oxygen atoms in total. The predicted molar refractivity (Wildman–Crippen MR) is 77.9 cm³/mol. The van der Waals surface area contributed by atoms with Gasteiger partial charge in [-0.05, 0) is 52.4 Å². The van der Waals surface area contributed by atoms with Crippen LogP contribution in [0.15, 0.2) is 28.2 Å². The summed E-state index contributed by atoms with van der Waals surface area (Å²) in [4.78, 5) is 0. The van der Waals surface area contributed by atoms with Crippen molar-refractivity contribution in [3.63, 3.8) is 0 Å². The molecule has 0 heterocycles. The van der Waals surface area contributed by atoms with Gasteiger partial charge in [-0.2, -0.15) is 0 Å². The van der Waals surface area contributed by atoms with E-state index in [9.17, 15) is 4.39 Å². The van der Waals surface area contributed by atoms with Crippen LogP contribution in [0.2, 0.25) is 0 Å². The van der Waals surface area contributed by atoms with Gasteiger partial charge in [0.15, 0.2) is 0 Å². The van der Waals surface area contributed by atoms with Crippen molar-refractivity contribution in [1.29, 1.82) is 0 Å². The molecular weight excluding hydrogens is 293 g/mol. The molecule has 0 saturated heterocycles. The first-order valence-electron chi connectivity index (χ1n) is 6.45. The Bertz CT molecular complexity index is 450. The molecule has 1 fully saturated rings. The van der Waals surface area contributed by atoms with Crippen LogP contribution in [-0.2, 0) is 0 Å². The fraction of sp³-hybridized carbons (Fsp3) is 0.467. The van der Waals surface area contributed by atoms with Crippen LogP contribution in [0.3, 0.4) is 0 Å². The Morgan fingerprint density at radius 1 is 1.50 bits per heavy atom. The molecule has 1 saturated carbocycles. The number of hydrogen-bond donors (Lipinski definition) is 1. The Morgan fingerprint density at radius 3 is 2.78 bits per heavy atom. The van der Waals surface area contributed by atoms with Gasteiger partial charge in [0.1, 0.15) is 5.82 Å².